The third-order valence-corrected chi connectivity index (χ3v) is 2.98. The van der Waals surface area contributed by atoms with Crippen LogP contribution in [0.2, 0.25) is 0 Å². The molecule has 1 heterocycles. The van der Waals surface area contributed by atoms with Gasteiger partial charge < -0.3 is 14.5 Å². The van der Waals surface area contributed by atoms with E-state index in [1.54, 1.807) is 20.3 Å². The highest BCUT2D eigenvalue weighted by Gasteiger charge is 2.05. The predicted octanol–water partition coefficient (Wildman–Crippen LogP) is 3.27. The summed E-state index contributed by atoms with van der Waals surface area (Å²) in [5, 5.41) is 0. The summed E-state index contributed by atoms with van der Waals surface area (Å²) in [5.41, 5.74) is 2.94. The fourth-order valence-electron chi connectivity index (χ4n) is 1.90. The van der Waals surface area contributed by atoms with Crippen LogP contribution in [-0.2, 0) is 11.3 Å². The molecule has 0 bridgehead atoms. The third kappa shape index (κ3) is 3.19. The average molecular weight is 276 g/mol. The fraction of sp³-hybridized carbons (Fsp3) is 0.286. The smallest absolute Gasteiger partial charge is 0.139 e. The highest BCUT2D eigenvalue weighted by atomic mass is 32.1. The van der Waals surface area contributed by atoms with E-state index in [-0.39, 0.29) is 0 Å². The van der Waals surface area contributed by atoms with Crippen molar-refractivity contribution < 1.29 is 9.47 Å². The molecule has 4 nitrogen and oxygen atoms in total. The largest absolute Gasteiger partial charge is 0.496 e. The summed E-state index contributed by atoms with van der Waals surface area (Å²) in [6, 6.07) is 7.70. The van der Waals surface area contributed by atoms with Crippen LogP contribution in [0.15, 0.2) is 24.3 Å². The molecule has 0 unspecified atom stereocenters. The Hall–Kier alpha value is -1.72. The van der Waals surface area contributed by atoms with Crippen molar-refractivity contribution in [1.29, 1.82) is 0 Å². The molecular weight excluding hydrogens is 260 g/mol. The van der Waals surface area contributed by atoms with Crippen LogP contribution in [0, 0.1) is 11.6 Å². The van der Waals surface area contributed by atoms with Gasteiger partial charge >= 0.3 is 0 Å². The van der Waals surface area contributed by atoms with Gasteiger partial charge in [0.2, 0.25) is 0 Å². The lowest BCUT2D eigenvalue weighted by Crippen LogP contribution is -1.98. The molecule has 19 heavy (non-hydrogen) atoms. The van der Waals surface area contributed by atoms with Crippen LogP contribution in [0.4, 0.5) is 0 Å². The molecule has 5 heteroatoms. The lowest BCUT2D eigenvalue weighted by Gasteiger charge is -2.08. The van der Waals surface area contributed by atoms with Crippen LogP contribution >= 0.6 is 12.2 Å². The molecule has 2 aromatic rings. The van der Waals surface area contributed by atoms with E-state index in [2.05, 4.69) is 9.97 Å². The number of nitrogens with one attached hydrogen (secondary N) is 1. The van der Waals surface area contributed by atoms with Crippen molar-refractivity contribution in [1.82, 2.24) is 9.97 Å². The maximum Gasteiger partial charge on any atom is 0.139 e. The summed E-state index contributed by atoms with van der Waals surface area (Å²) in [5.74, 6) is 1.60. The Bertz CT molecular complexity index is 638. The van der Waals surface area contributed by atoms with Crippen molar-refractivity contribution in [3.05, 3.63) is 40.2 Å². The van der Waals surface area contributed by atoms with Gasteiger partial charge in [-0.05, 0) is 36.8 Å². The quantitative estimate of drug-likeness (QED) is 0.871. The number of aromatic amines is 1. The Kier molecular flexibility index (Phi) is 4.29. The number of benzene rings is 1. The zero-order chi connectivity index (χ0) is 13.8. The summed E-state index contributed by atoms with van der Waals surface area (Å²) in [7, 11) is 3.31. The fourth-order valence-corrected chi connectivity index (χ4v) is 2.14. The number of aryl methyl sites for hydroxylation is 1. The van der Waals surface area contributed by atoms with Gasteiger partial charge in [-0.15, -0.1) is 0 Å². The van der Waals surface area contributed by atoms with Crippen molar-refractivity contribution in [2.45, 2.75) is 13.5 Å². The molecule has 0 amide bonds. The second-order valence-corrected chi connectivity index (χ2v) is 4.63. The van der Waals surface area contributed by atoms with Crippen LogP contribution in [0.5, 0.6) is 5.75 Å². The number of ether oxygens (including phenoxy) is 2. The molecule has 1 N–H and O–H groups in total. The maximum atomic E-state index is 5.25. The lowest BCUT2D eigenvalue weighted by molar-refractivity contribution is 0.181. The van der Waals surface area contributed by atoms with Crippen LogP contribution in [-0.4, -0.2) is 24.2 Å². The van der Waals surface area contributed by atoms with Crippen molar-refractivity contribution in [3.8, 4) is 17.1 Å². The Morgan fingerprint density at radius 2 is 2.05 bits per heavy atom. The molecule has 0 aliphatic heterocycles. The molecule has 0 saturated carbocycles. The first-order valence-corrected chi connectivity index (χ1v) is 6.29. The number of H-pyrrole nitrogens is 1. The molecule has 0 aliphatic rings. The Balaban J connectivity index is 2.46. The Labute approximate surface area is 117 Å². The minimum Gasteiger partial charge on any atom is -0.496 e. The van der Waals surface area contributed by atoms with Crippen molar-refractivity contribution in [2.75, 3.05) is 14.2 Å². The van der Waals surface area contributed by atoms with Gasteiger partial charge in [0.05, 0.1) is 13.7 Å². The SMILES string of the molecule is COCc1cc(=S)nc(-c2ccc(OC)c(C)c2)[nH]1. The Morgan fingerprint density at radius 1 is 1.26 bits per heavy atom. The number of aromatic nitrogens is 2. The van der Waals surface area contributed by atoms with E-state index in [0.717, 1.165) is 28.4 Å². The molecule has 0 atom stereocenters. The van der Waals surface area contributed by atoms with Gasteiger partial charge in [-0.3, -0.25) is 0 Å². The van der Waals surface area contributed by atoms with Crippen LogP contribution in [0.1, 0.15) is 11.3 Å². The normalized spacial score (nSPS) is 10.5. The summed E-state index contributed by atoms with van der Waals surface area (Å²) in [4.78, 5) is 7.57. The lowest BCUT2D eigenvalue weighted by atomic mass is 10.1. The van der Waals surface area contributed by atoms with Crippen LogP contribution in [0.3, 0.4) is 0 Å². The molecule has 0 aliphatic carbocycles. The van der Waals surface area contributed by atoms with Gasteiger partial charge in [-0.25, -0.2) is 4.98 Å². The zero-order valence-corrected chi connectivity index (χ0v) is 12.0. The summed E-state index contributed by atoms with van der Waals surface area (Å²) < 4.78 is 10.9. The van der Waals surface area contributed by atoms with Crippen LogP contribution < -0.4 is 4.74 Å². The van der Waals surface area contributed by atoms with Crippen molar-refractivity contribution >= 4 is 12.2 Å². The van der Waals surface area contributed by atoms with Crippen LogP contribution in [0.25, 0.3) is 11.4 Å². The molecule has 0 fully saturated rings. The predicted molar refractivity (Wildman–Crippen MR) is 76.9 cm³/mol. The number of nitrogens with zero attached hydrogens (tertiary/aromatic N) is 1. The average Bonchev–Trinajstić information content (AvgIpc) is 2.38. The van der Waals surface area contributed by atoms with E-state index in [0.29, 0.717) is 11.2 Å². The molecule has 0 saturated heterocycles. The van der Waals surface area contributed by atoms with Crippen molar-refractivity contribution in [2.24, 2.45) is 0 Å². The zero-order valence-electron chi connectivity index (χ0n) is 11.2. The first-order valence-electron chi connectivity index (χ1n) is 5.88. The second-order valence-electron chi connectivity index (χ2n) is 4.21. The maximum absolute atomic E-state index is 5.25. The summed E-state index contributed by atoms with van der Waals surface area (Å²) >= 11 is 5.17. The van der Waals surface area contributed by atoms with Gasteiger partial charge in [-0.2, -0.15) is 0 Å². The molecular formula is C14H16N2O2S. The van der Waals surface area contributed by atoms with E-state index < -0.39 is 0 Å². The van der Waals surface area contributed by atoms with Gasteiger partial charge in [0.15, 0.2) is 0 Å². The summed E-state index contributed by atoms with van der Waals surface area (Å²) in [6.07, 6.45) is 0. The second kappa shape index (κ2) is 5.95. The molecule has 1 aromatic heterocycles. The van der Waals surface area contributed by atoms with Gasteiger partial charge in [-0.1, -0.05) is 12.2 Å². The highest BCUT2D eigenvalue weighted by Crippen LogP contribution is 2.24. The van der Waals surface area contributed by atoms with E-state index in [1.807, 2.05) is 25.1 Å². The van der Waals surface area contributed by atoms with E-state index in [1.165, 1.54) is 0 Å². The Morgan fingerprint density at radius 3 is 2.68 bits per heavy atom. The monoisotopic (exact) mass is 276 g/mol. The van der Waals surface area contributed by atoms with Gasteiger partial charge in [0, 0.05) is 18.4 Å². The first-order chi connectivity index (χ1) is 9.13. The molecule has 100 valence electrons. The van der Waals surface area contributed by atoms with Gasteiger partial charge in [0.1, 0.15) is 16.2 Å². The van der Waals surface area contributed by atoms with E-state index in [4.69, 9.17) is 21.7 Å². The number of rotatable bonds is 4. The standard InChI is InChI=1S/C14H16N2O2S/c1-9-6-10(4-5-12(9)18-3)14-15-11(8-17-2)7-13(19)16-14/h4-7H,8H2,1-3H3,(H,15,16,19). The minimum absolute atomic E-state index is 0.480. The highest BCUT2D eigenvalue weighted by molar-refractivity contribution is 7.71. The van der Waals surface area contributed by atoms with E-state index in [9.17, 15) is 0 Å². The molecule has 2 rings (SSSR count). The minimum atomic E-state index is 0.480. The molecule has 0 radical (unpaired) electrons. The van der Waals surface area contributed by atoms with E-state index >= 15 is 0 Å². The topological polar surface area (TPSA) is 47.1 Å². The first kappa shape index (κ1) is 13.7. The number of methoxy groups -OCH3 is 2. The number of hydrogen-bond acceptors (Lipinski definition) is 4. The molecule has 0 spiro atoms. The summed E-state index contributed by atoms with van der Waals surface area (Å²) in [6.45, 7) is 2.48. The third-order valence-electron chi connectivity index (χ3n) is 2.77. The molecule has 1 aromatic carbocycles. The van der Waals surface area contributed by atoms with Gasteiger partial charge in [0.25, 0.3) is 0 Å². The number of hydrogen-bond donors (Lipinski definition) is 1. The van der Waals surface area contributed by atoms with Crippen molar-refractivity contribution in [3.63, 3.8) is 0 Å².